The molecule has 1 aliphatic rings. The van der Waals surface area contributed by atoms with Gasteiger partial charge in [-0.25, -0.2) is 8.42 Å². The third-order valence-corrected chi connectivity index (χ3v) is 5.39. The van der Waals surface area contributed by atoms with E-state index in [2.05, 4.69) is 12.2 Å². The quantitative estimate of drug-likeness (QED) is 0.838. The molecule has 0 heterocycles. The molecule has 3 N–H and O–H groups in total. The molecule has 0 spiro atoms. The maximum atomic E-state index is 11.7. The third-order valence-electron chi connectivity index (χ3n) is 4.24. The van der Waals surface area contributed by atoms with E-state index < -0.39 is 9.84 Å². The van der Waals surface area contributed by atoms with Crippen LogP contribution in [0.3, 0.4) is 0 Å². The number of nitrogen functional groups attached to an aromatic ring is 1. The first-order valence-corrected chi connectivity index (χ1v) is 9.17. The molecule has 2 atom stereocenters. The molecule has 20 heavy (non-hydrogen) atoms. The van der Waals surface area contributed by atoms with Gasteiger partial charge in [0.25, 0.3) is 0 Å². The van der Waals surface area contributed by atoms with Gasteiger partial charge in [0, 0.05) is 12.3 Å². The van der Waals surface area contributed by atoms with E-state index in [-0.39, 0.29) is 4.90 Å². The van der Waals surface area contributed by atoms with Crippen molar-refractivity contribution < 1.29 is 8.42 Å². The molecule has 0 bridgehead atoms. The Morgan fingerprint density at radius 3 is 2.65 bits per heavy atom. The lowest BCUT2D eigenvalue weighted by Crippen LogP contribution is -2.32. The molecule has 1 aromatic rings. The fourth-order valence-electron chi connectivity index (χ4n) is 3.08. The van der Waals surface area contributed by atoms with Crippen molar-refractivity contribution in [1.82, 2.24) is 0 Å². The summed E-state index contributed by atoms with van der Waals surface area (Å²) < 4.78 is 23.4. The van der Waals surface area contributed by atoms with Gasteiger partial charge in [0.05, 0.1) is 16.3 Å². The van der Waals surface area contributed by atoms with Crippen LogP contribution in [0.15, 0.2) is 23.1 Å². The molecule has 1 fully saturated rings. The molecule has 0 amide bonds. The molecule has 0 radical (unpaired) electrons. The minimum absolute atomic E-state index is 0.214. The predicted molar refractivity (Wildman–Crippen MR) is 83.6 cm³/mol. The zero-order chi connectivity index (χ0) is 14.8. The normalized spacial score (nSPS) is 23.5. The van der Waals surface area contributed by atoms with E-state index in [1.165, 1.54) is 25.5 Å². The van der Waals surface area contributed by atoms with Gasteiger partial charge in [0.2, 0.25) is 0 Å². The van der Waals surface area contributed by atoms with E-state index in [0.29, 0.717) is 17.6 Å². The molecule has 1 aromatic carbocycles. The van der Waals surface area contributed by atoms with Crippen LogP contribution in [-0.4, -0.2) is 20.7 Å². The van der Waals surface area contributed by atoms with Crippen LogP contribution in [-0.2, 0) is 9.84 Å². The average molecular weight is 296 g/mol. The summed E-state index contributed by atoms with van der Waals surface area (Å²) in [6.45, 7) is 2.21. The van der Waals surface area contributed by atoms with E-state index in [9.17, 15) is 8.42 Å². The Labute approximate surface area is 121 Å². The van der Waals surface area contributed by atoms with Gasteiger partial charge in [-0.1, -0.05) is 32.3 Å². The van der Waals surface area contributed by atoms with Gasteiger partial charge in [0.1, 0.15) is 0 Å². The topological polar surface area (TPSA) is 72.2 Å². The van der Waals surface area contributed by atoms with Crippen molar-refractivity contribution in [1.29, 1.82) is 0 Å². The zero-order valence-corrected chi connectivity index (χ0v) is 13.0. The molecule has 112 valence electrons. The van der Waals surface area contributed by atoms with Gasteiger partial charge in [-0.05, 0) is 30.9 Å². The van der Waals surface area contributed by atoms with Gasteiger partial charge < -0.3 is 11.1 Å². The first-order chi connectivity index (χ1) is 9.43. The fourth-order valence-corrected chi connectivity index (χ4v) is 3.91. The number of anilines is 2. The Hall–Kier alpha value is -1.23. The van der Waals surface area contributed by atoms with Gasteiger partial charge in [-0.3, -0.25) is 0 Å². The van der Waals surface area contributed by atoms with Gasteiger partial charge >= 0.3 is 0 Å². The van der Waals surface area contributed by atoms with E-state index in [1.807, 2.05) is 6.07 Å². The van der Waals surface area contributed by atoms with Crippen molar-refractivity contribution in [2.45, 2.75) is 50.0 Å². The third kappa shape index (κ3) is 3.26. The molecule has 1 aliphatic carbocycles. The summed E-state index contributed by atoms with van der Waals surface area (Å²) in [6.07, 6.45) is 7.21. The van der Waals surface area contributed by atoms with Crippen LogP contribution in [0, 0.1) is 5.92 Å². The Morgan fingerprint density at radius 2 is 2.00 bits per heavy atom. The van der Waals surface area contributed by atoms with Crippen LogP contribution in [0.2, 0.25) is 0 Å². The predicted octanol–water partition coefficient (Wildman–Crippen LogP) is 3.05. The highest BCUT2D eigenvalue weighted by Gasteiger charge is 2.24. The van der Waals surface area contributed by atoms with Crippen LogP contribution >= 0.6 is 0 Å². The molecule has 5 heteroatoms. The van der Waals surface area contributed by atoms with E-state index in [4.69, 9.17) is 5.73 Å². The number of hydrogen-bond acceptors (Lipinski definition) is 4. The Morgan fingerprint density at radius 1 is 1.30 bits per heavy atom. The lowest BCUT2D eigenvalue weighted by atomic mass is 9.83. The van der Waals surface area contributed by atoms with Crippen LogP contribution in [0.5, 0.6) is 0 Å². The summed E-state index contributed by atoms with van der Waals surface area (Å²) in [7, 11) is -3.28. The number of nitrogens with two attached hydrogens (primary N) is 1. The highest BCUT2D eigenvalue weighted by molar-refractivity contribution is 7.90. The standard InChI is InChI=1S/C15H24N2O2S/c1-3-11-7-4-5-8-12(11)17-13-9-6-10-14(15(13)16)20(2,18)19/h6,9-12,17H,3-5,7-8,16H2,1-2H3. The number of sulfone groups is 1. The Balaban J connectivity index is 2.25. The summed E-state index contributed by atoms with van der Waals surface area (Å²) in [4.78, 5) is 0.214. The van der Waals surface area contributed by atoms with Gasteiger partial charge in [-0.2, -0.15) is 0 Å². The SMILES string of the molecule is CCC1CCCCC1Nc1cccc(S(C)(=O)=O)c1N. The van der Waals surface area contributed by atoms with Gasteiger partial charge in [0.15, 0.2) is 9.84 Å². The van der Waals surface area contributed by atoms with E-state index in [0.717, 1.165) is 18.5 Å². The summed E-state index contributed by atoms with van der Waals surface area (Å²) in [5, 5.41) is 3.47. The first-order valence-electron chi connectivity index (χ1n) is 7.28. The summed E-state index contributed by atoms with van der Waals surface area (Å²) in [5.41, 5.74) is 7.12. The summed E-state index contributed by atoms with van der Waals surface area (Å²) in [6, 6.07) is 5.57. The fraction of sp³-hybridized carbons (Fsp3) is 0.600. The van der Waals surface area contributed by atoms with Crippen LogP contribution in [0.25, 0.3) is 0 Å². The van der Waals surface area contributed by atoms with Gasteiger partial charge in [-0.15, -0.1) is 0 Å². The number of rotatable bonds is 4. The highest BCUT2D eigenvalue weighted by Crippen LogP contribution is 2.33. The lowest BCUT2D eigenvalue weighted by molar-refractivity contribution is 0.317. The summed E-state index contributed by atoms with van der Waals surface area (Å²) in [5.74, 6) is 0.644. The number of benzene rings is 1. The van der Waals surface area contributed by atoms with E-state index in [1.54, 1.807) is 12.1 Å². The Kier molecular flexibility index (Phi) is 4.58. The molecule has 1 saturated carbocycles. The largest absolute Gasteiger partial charge is 0.396 e. The Bertz CT molecular complexity index is 569. The monoisotopic (exact) mass is 296 g/mol. The number of para-hydroxylation sites is 1. The minimum Gasteiger partial charge on any atom is -0.396 e. The van der Waals surface area contributed by atoms with Crippen molar-refractivity contribution in [3.05, 3.63) is 18.2 Å². The molecular formula is C15H24N2O2S. The molecule has 2 rings (SSSR count). The van der Waals surface area contributed by atoms with Crippen LogP contribution in [0.1, 0.15) is 39.0 Å². The van der Waals surface area contributed by atoms with E-state index >= 15 is 0 Å². The lowest BCUT2D eigenvalue weighted by Gasteiger charge is -2.32. The smallest absolute Gasteiger partial charge is 0.177 e. The van der Waals surface area contributed by atoms with Crippen molar-refractivity contribution in [2.75, 3.05) is 17.3 Å². The molecule has 0 aromatic heterocycles. The minimum atomic E-state index is -3.28. The summed E-state index contributed by atoms with van der Waals surface area (Å²) >= 11 is 0. The molecule has 0 aliphatic heterocycles. The van der Waals surface area contributed by atoms with Crippen molar-refractivity contribution in [2.24, 2.45) is 5.92 Å². The molecule has 2 unspecified atom stereocenters. The number of nitrogens with one attached hydrogen (secondary N) is 1. The maximum Gasteiger partial charge on any atom is 0.177 e. The second-order valence-electron chi connectivity index (χ2n) is 5.69. The molecule has 4 nitrogen and oxygen atoms in total. The highest BCUT2D eigenvalue weighted by atomic mass is 32.2. The molecule has 0 saturated heterocycles. The average Bonchev–Trinajstić information content (AvgIpc) is 2.40. The number of hydrogen-bond donors (Lipinski definition) is 2. The van der Waals surface area contributed by atoms with Crippen molar-refractivity contribution in [3.63, 3.8) is 0 Å². The first kappa shape index (κ1) is 15.2. The van der Waals surface area contributed by atoms with Crippen LogP contribution < -0.4 is 11.1 Å². The zero-order valence-electron chi connectivity index (χ0n) is 12.2. The second-order valence-corrected chi connectivity index (χ2v) is 7.68. The molecular weight excluding hydrogens is 272 g/mol. The van der Waals surface area contributed by atoms with Crippen molar-refractivity contribution >= 4 is 21.2 Å². The van der Waals surface area contributed by atoms with Crippen molar-refractivity contribution in [3.8, 4) is 0 Å². The van der Waals surface area contributed by atoms with Crippen LogP contribution in [0.4, 0.5) is 11.4 Å². The second kappa shape index (κ2) is 6.04. The maximum absolute atomic E-state index is 11.7.